The van der Waals surface area contributed by atoms with Crippen LogP contribution >= 0.6 is 0 Å². The number of carbonyl (C=O) groups excluding carboxylic acids is 1. The van der Waals surface area contributed by atoms with E-state index in [9.17, 15) is 14.3 Å². The molecule has 1 aliphatic rings. The lowest BCUT2D eigenvalue weighted by molar-refractivity contribution is -0.117. The Kier molecular flexibility index (Phi) is 6.57. The van der Waals surface area contributed by atoms with Crippen LogP contribution in [0.25, 0.3) is 6.08 Å². The minimum absolute atomic E-state index is 0.279. The number of hydrogen-bond acceptors (Lipinski definition) is 4. The third kappa shape index (κ3) is 5.15. The number of nitrogens with one attached hydrogen (secondary N) is 1. The number of benzene rings is 2. The topological polar surface area (TPSA) is 61.8 Å². The zero-order chi connectivity index (χ0) is 19.1. The average molecular weight is 370 g/mol. The fourth-order valence-electron chi connectivity index (χ4n) is 2.98. The van der Waals surface area contributed by atoms with Gasteiger partial charge >= 0.3 is 0 Å². The van der Waals surface area contributed by atoms with Crippen LogP contribution in [0.1, 0.15) is 17.2 Å². The summed E-state index contributed by atoms with van der Waals surface area (Å²) in [6.45, 7) is 2.04. The second kappa shape index (κ2) is 9.30. The van der Waals surface area contributed by atoms with Crippen LogP contribution in [0.3, 0.4) is 0 Å². The second-order valence-electron chi connectivity index (χ2n) is 6.30. The number of ether oxygens (including phenoxy) is 1. The SMILES string of the molecule is O=C(C=Cc1ccccc1)N[C@@H](CO)c1ccc(F)c(N2CCOCC2)c1. The van der Waals surface area contributed by atoms with Crippen molar-refractivity contribution in [1.29, 1.82) is 0 Å². The molecule has 0 unspecified atom stereocenters. The Bertz CT molecular complexity index is 789. The van der Waals surface area contributed by atoms with E-state index in [1.54, 1.807) is 18.2 Å². The number of rotatable bonds is 6. The number of amides is 1. The van der Waals surface area contributed by atoms with Gasteiger partial charge in [-0.1, -0.05) is 36.4 Å². The van der Waals surface area contributed by atoms with Gasteiger partial charge in [-0.05, 0) is 29.3 Å². The van der Waals surface area contributed by atoms with Gasteiger partial charge in [-0.3, -0.25) is 4.79 Å². The van der Waals surface area contributed by atoms with Crippen molar-refractivity contribution >= 4 is 17.7 Å². The lowest BCUT2D eigenvalue weighted by atomic mass is 10.1. The summed E-state index contributed by atoms with van der Waals surface area (Å²) < 4.78 is 19.6. The van der Waals surface area contributed by atoms with E-state index in [-0.39, 0.29) is 18.3 Å². The smallest absolute Gasteiger partial charge is 0.244 e. The zero-order valence-electron chi connectivity index (χ0n) is 15.0. The molecule has 1 saturated heterocycles. The van der Waals surface area contributed by atoms with Gasteiger partial charge in [-0.2, -0.15) is 0 Å². The maximum Gasteiger partial charge on any atom is 0.244 e. The molecule has 1 aliphatic heterocycles. The summed E-state index contributed by atoms with van der Waals surface area (Å²) in [7, 11) is 0. The number of anilines is 1. The number of morpholine rings is 1. The monoisotopic (exact) mass is 370 g/mol. The third-order valence-corrected chi connectivity index (χ3v) is 4.45. The number of carbonyl (C=O) groups is 1. The Balaban J connectivity index is 1.71. The van der Waals surface area contributed by atoms with Crippen molar-refractivity contribution in [2.75, 3.05) is 37.8 Å². The molecule has 142 valence electrons. The highest BCUT2D eigenvalue weighted by Crippen LogP contribution is 2.25. The van der Waals surface area contributed by atoms with Crippen molar-refractivity contribution in [2.45, 2.75) is 6.04 Å². The number of aliphatic hydroxyl groups is 1. The van der Waals surface area contributed by atoms with Gasteiger partial charge in [0.25, 0.3) is 0 Å². The first-order valence-corrected chi connectivity index (χ1v) is 8.94. The van der Waals surface area contributed by atoms with Crippen LogP contribution < -0.4 is 10.2 Å². The molecule has 0 saturated carbocycles. The van der Waals surface area contributed by atoms with Gasteiger partial charge in [-0.15, -0.1) is 0 Å². The maximum atomic E-state index is 14.2. The van der Waals surface area contributed by atoms with Crippen molar-refractivity contribution in [3.63, 3.8) is 0 Å². The van der Waals surface area contributed by atoms with Gasteiger partial charge in [0.15, 0.2) is 0 Å². The van der Waals surface area contributed by atoms with Gasteiger partial charge in [0, 0.05) is 19.2 Å². The van der Waals surface area contributed by atoms with Crippen LogP contribution in [0.2, 0.25) is 0 Å². The summed E-state index contributed by atoms with van der Waals surface area (Å²) >= 11 is 0. The van der Waals surface area contributed by atoms with Crippen LogP contribution in [0.4, 0.5) is 10.1 Å². The van der Waals surface area contributed by atoms with Crippen LogP contribution in [0, 0.1) is 5.82 Å². The Morgan fingerprint density at radius 3 is 2.67 bits per heavy atom. The first kappa shape index (κ1) is 19.1. The second-order valence-corrected chi connectivity index (χ2v) is 6.30. The van der Waals surface area contributed by atoms with Gasteiger partial charge in [0.1, 0.15) is 5.82 Å². The molecule has 6 heteroatoms. The summed E-state index contributed by atoms with van der Waals surface area (Å²) in [5.41, 5.74) is 2.02. The lowest BCUT2D eigenvalue weighted by Gasteiger charge is -2.30. The molecular formula is C21H23FN2O3. The predicted molar refractivity (Wildman–Crippen MR) is 103 cm³/mol. The molecule has 1 fully saturated rings. The van der Waals surface area contributed by atoms with E-state index in [1.165, 1.54) is 12.1 Å². The fraction of sp³-hybridized carbons (Fsp3) is 0.286. The summed E-state index contributed by atoms with van der Waals surface area (Å²) in [5.74, 6) is -0.650. The maximum absolute atomic E-state index is 14.2. The van der Waals surface area contributed by atoms with Crippen LogP contribution in [-0.2, 0) is 9.53 Å². The van der Waals surface area contributed by atoms with Gasteiger partial charge < -0.3 is 20.1 Å². The van der Waals surface area contributed by atoms with E-state index in [2.05, 4.69) is 5.32 Å². The van der Waals surface area contributed by atoms with Crippen molar-refractivity contribution in [3.8, 4) is 0 Å². The standard InChI is InChI=1S/C21H23FN2O3/c22-18-8-7-17(14-20(18)24-10-12-27-13-11-24)19(15-25)23-21(26)9-6-16-4-2-1-3-5-16/h1-9,14,19,25H,10-13,15H2,(H,23,26)/t19-/m0/s1. The summed E-state index contributed by atoms with van der Waals surface area (Å²) in [4.78, 5) is 14.1. The molecule has 2 N–H and O–H groups in total. The van der Waals surface area contributed by atoms with E-state index in [1.807, 2.05) is 35.2 Å². The number of aliphatic hydroxyl groups excluding tert-OH is 1. The van der Waals surface area contributed by atoms with Crippen molar-refractivity contribution in [1.82, 2.24) is 5.32 Å². The summed E-state index contributed by atoms with van der Waals surface area (Å²) in [6, 6.07) is 13.5. The first-order chi connectivity index (χ1) is 13.2. The highest BCUT2D eigenvalue weighted by atomic mass is 19.1. The quantitative estimate of drug-likeness (QED) is 0.767. The molecule has 2 aromatic carbocycles. The van der Waals surface area contributed by atoms with Gasteiger partial charge in [0.05, 0.1) is 31.5 Å². The molecule has 0 radical (unpaired) electrons. The normalized spacial score (nSPS) is 15.7. The zero-order valence-corrected chi connectivity index (χ0v) is 15.0. The average Bonchev–Trinajstić information content (AvgIpc) is 2.72. The fourth-order valence-corrected chi connectivity index (χ4v) is 2.98. The number of halogens is 1. The third-order valence-electron chi connectivity index (χ3n) is 4.45. The molecule has 27 heavy (non-hydrogen) atoms. The molecule has 3 rings (SSSR count). The molecule has 0 spiro atoms. The molecule has 1 heterocycles. The molecule has 0 aromatic heterocycles. The van der Waals surface area contributed by atoms with E-state index < -0.39 is 6.04 Å². The van der Waals surface area contributed by atoms with Crippen molar-refractivity contribution < 1.29 is 19.0 Å². The highest BCUT2D eigenvalue weighted by Gasteiger charge is 2.19. The lowest BCUT2D eigenvalue weighted by Crippen LogP contribution is -2.37. The number of hydrogen-bond donors (Lipinski definition) is 2. The Labute approximate surface area is 158 Å². The van der Waals surface area contributed by atoms with E-state index >= 15 is 0 Å². The van der Waals surface area contributed by atoms with E-state index in [4.69, 9.17) is 4.74 Å². The van der Waals surface area contributed by atoms with Crippen molar-refractivity contribution in [2.24, 2.45) is 0 Å². The van der Waals surface area contributed by atoms with Crippen LogP contribution in [-0.4, -0.2) is 43.9 Å². The summed E-state index contributed by atoms with van der Waals surface area (Å²) in [5, 5.41) is 12.5. The van der Waals surface area contributed by atoms with E-state index in [0.717, 1.165) is 5.56 Å². The van der Waals surface area contributed by atoms with Gasteiger partial charge in [0.2, 0.25) is 5.91 Å². The molecule has 1 amide bonds. The molecule has 1 atom stereocenters. The Morgan fingerprint density at radius 2 is 1.96 bits per heavy atom. The van der Waals surface area contributed by atoms with E-state index in [0.29, 0.717) is 37.6 Å². The van der Waals surface area contributed by atoms with Crippen molar-refractivity contribution in [3.05, 3.63) is 71.6 Å². The molecule has 2 aromatic rings. The molecular weight excluding hydrogens is 347 g/mol. The molecule has 5 nitrogen and oxygen atoms in total. The highest BCUT2D eigenvalue weighted by molar-refractivity contribution is 5.92. The summed E-state index contributed by atoms with van der Waals surface area (Å²) in [6.07, 6.45) is 3.12. The van der Waals surface area contributed by atoms with Crippen LogP contribution in [0.15, 0.2) is 54.6 Å². The minimum atomic E-state index is -0.613. The van der Waals surface area contributed by atoms with Crippen LogP contribution in [0.5, 0.6) is 0 Å². The predicted octanol–water partition coefficient (Wildman–Crippen LogP) is 2.53. The van der Waals surface area contributed by atoms with Gasteiger partial charge in [-0.25, -0.2) is 4.39 Å². The molecule has 0 aliphatic carbocycles. The number of nitrogens with zero attached hydrogens (tertiary/aromatic N) is 1. The molecule has 0 bridgehead atoms. The minimum Gasteiger partial charge on any atom is -0.394 e. The Morgan fingerprint density at radius 1 is 1.22 bits per heavy atom. The first-order valence-electron chi connectivity index (χ1n) is 8.94. The largest absolute Gasteiger partial charge is 0.394 e. The Hall–Kier alpha value is -2.70.